The lowest BCUT2D eigenvalue weighted by molar-refractivity contribution is 0.0690. The Kier molecular flexibility index (Phi) is 6.12. The van der Waals surface area contributed by atoms with E-state index < -0.39 is 5.97 Å². The summed E-state index contributed by atoms with van der Waals surface area (Å²) in [6.07, 6.45) is 0. The van der Waals surface area contributed by atoms with E-state index in [-0.39, 0.29) is 5.56 Å². The zero-order valence-corrected chi connectivity index (χ0v) is 16.0. The third kappa shape index (κ3) is 4.76. The summed E-state index contributed by atoms with van der Waals surface area (Å²) in [7, 11) is 0. The van der Waals surface area contributed by atoms with Crippen LogP contribution in [-0.2, 0) is 13.2 Å². The minimum Gasteiger partial charge on any atom is -0.489 e. The number of carbonyl (C=O) groups is 1. The fraction of sp³-hybridized carbons (Fsp3) is 0.0952. The van der Waals surface area contributed by atoms with Crippen LogP contribution in [-0.4, -0.2) is 11.1 Å². The van der Waals surface area contributed by atoms with E-state index in [0.29, 0.717) is 28.3 Å². The molecule has 26 heavy (non-hydrogen) atoms. The first-order valence-corrected chi connectivity index (χ1v) is 9.11. The Balaban J connectivity index is 1.80. The van der Waals surface area contributed by atoms with Gasteiger partial charge in [0.15, 0.2) is 0 Å². The normalized spacial score (nSPS) is 10.3. The van der Waals surface area contributed by atoms with Crippen molar-refractivity contribution >= 4 is 28.6 Å². The number of hydrogen-bond acceptors (Lipinski definition) is 3. The van der Waals surface area contributed by atoms with E-state index in [1.54, 1.807) is 12.1 Å². The molecule has 0 aromatic heterocycles. The van der Waals surface area contributed by atoms with Crippen LogP contribution < -0.4 is 9.47 Å². The highest BCUT2D eigenvalue weighted by Crippen LogP contribution is 2.31. The molecule has 0 unspecified atom stereocenters. The van der Waals surface area contributed by atoms with Gasteiger partial charge in [-0.15, -0.1) is 0 Å². The molecule has 0 spiro atoms. The van der Waals surface area contributed by atoms with Crippen LogP contribution in [0.4, 0.5) is 0 Å². The molecule has 0 fully saturated rings. The van der Waals surface area contributed by atoms with Crippen LogP contribution in [0.15, 0.2) is 72.8 Å². The predicted octanol–water partition coefficient (Wildman–Crippen LogP) is 5.15. The molecule has 0 aliphatic heterocycles. The molecule has 0 saturated carbocycles. The van der Waals surface area contributed by atoms with Crippen molar-refractivity contribution in [1.82, 2.24) is 0 Å². The molecule has 3 aromatic rings. The fourth-order valence-corrected chi connectivity index (χ4v) is 3.24. The van der Waals surface area contributed by atoms with Crippen LogP contribution in [0.5, 0.6) is 11.5 Å². The number of hydrogen-bond donors (Lipinski definition) is 1. The zero-order chi connectivity index (χ0) is 18.4. The Hall–Kier alpha value is -2.54. The third-order valence-electron chi connectivity index (χ3n) is 3.73. The van der Waals surface area contributed by atoms with E-state index in [0.717, 1.165) is 11.1 Å². The maximum Gasteiger partial charge on any atom is 0.340 e. The molecule has 0 heterocycles. The molecule has 1 N–H and O–H groups in total. The topological polar surface area (TPSA) is 55.8 Å². The summed E-state index contributed by atoms with van der Waals surface area (Å²) in [5.74, 6) is -0.144. The van der Waals surface area contributed by atoms with Crippen LogP contribution >= 0.6 is 22.6 Å². The van der Waals surface area contributed by atoms with Gasteiger partial charge in [-0.2, -0.15) is 0 Å². The van der Waals surface area contributed by atoms with Gasteiger partial charge in [0.25, 0.3) is 0 Å². The van der Waals surface area contributed by atoms with Gasteiger partial charge in [0.1, 0.15) is 30.3 Å². The van der Waals surface area contributed by atoms with Crippen molar-refractivity contribution in [2.45, 2.75) is 13.2 Å². The Labute approximate surface area is 165 Å². The van der Waals surface area contributed by atoms with Gasteiger partial charge in [-0.05, 0) is 39.8 Å². The second-order valence-corrected chi connectivity index (χ2v) is 6.79. The lowest BCUT2D eigenvalue weighted by atomic mass is 10.2. The summed E-state index contributed by atoms with van der Waals surface area (Å²) in [6, 6.07) is 22.8. The van der Waals surface area contributed by atoms with Gasteiger partial charge in [0.2, 0.25) is 0 Å². The minimum absolute atomic E-state index is 0.147. The summed E-state index contributed by atoms with van der Waals surface area (Å²) in [5, 5.41) is 9.52. The van der Waals surface area contributed by atoms with Gasteiger partial charge < -0.3 is 14.6 Å². The molecule has 0 saturated heterocycles. The summed E-state index contributed by atoms with van der Waals surface area (Å²) < 4.78 is 12.2. The second kappa shape index (κ2) is 8.71. The lowest BCUT2D eigenvalue weighted by Crippen LogP contribution is -2.07. The van der Waals surface area contributed by atoms with Gasteiger partial charge in [0.05, 0.1) is 0 Å². The lowest BCUT2D eigenvalue weighted by Gasteiger charge is -2.14. The summed E-state index contributed by atoms with van der Waals surface area (Å²) in [6.45, 7) is 0.695. The van der Waals surface area contributed by atoms with Gasteiger partial charge in [-0.3, -0.25) is 0 Å². The Morgan fingerprint density at radius 1 is 0.846 bits per heavy atom. The van der Waals surface area contributed by atoms with Crippen molar-refractivity contribution in [3.8, 4) is 11.5 Å². The third-order valence-corrected chi connectivity index (χ3v) is 4.58. The summed E-state index contributed by atoms with van der Waals surface area (Å²) >= 11 is 1.99. The maximum absolute atomic E-state index is 11.6. The largest absolute Gasteiger partial charge is 0.489 e. The zero-order valence-electron chi connectivity index (χ0n) is 13.9. The molecule has 132 valence electrons. The monoisotopic (exact) mass is 460 g/mol. The minimum atomic E-state index is -1.02. The molecule has 0 aliphatic carbocycles. The number of halogens is 1. The van der Waals surface area contributed by atoms with E-state index in [1.165, 1.54) is 0 Å². The van der Waals surface area contributed by atoms with Crippen molar-refractivity contribution in [2.75, 3.05) is 0 Å². The van der Waals surface area contributed by atoms with Crippen LogP contribution in [0.2, 0.25) is 0 Å². The van der Waals surface area contributed by atoms with Crippen LogP contribution in [0.25, 0.3) is 0 Å². The Bertz CT molecular complexity index is 879. The first-order chi connectivity index (χ1) is 12.6. The quantitative estimate of drug-likeness (QED) is 0.496. The molecular formula is C21H17IO4. The number of carboxylic acids is 1. The van der Waals surface area contributed by atoms with Crippen molar-refractivity contribution in [2.24, 2.45) is 0 Å². The Morgan fingerprint density at radius 2 is 1.38 bits per heavy atom. The standard InChI is InChI=1S/C21H17IO4/c22-18-11-17(25-13-15-7-3-1-4-8-15)12-19(20(18)21(23)24)26-14-16-9-5-2-6-10-16/h1-12H,13-14H2,(H,23,24). The average Bonchev–Trinajstić information content (AvgIpc) is 2.66. The van der Waals surface area contributed by atoms with E-state index in [1.807, 2.05) is 83.3 Å². The molecule has 0 radical (unpaired) electrons. The number of carboxylic acid groups (broad SMARTS) is 1. The highest BCUT2D eigenvalue weighted by molar-refractivity contribution is 14.1. The number of benzene rings is 3. The van der Waals surface area contributed by atoms with E-state index >= 15 is 0 Å². The van der Waals surface area contributed by atoms with Gasteiger partial charge in [0, 0.05) is 9.64 Å². The number of ether oxygens (including phenoxy) is 2. The molecular weight excluding hydrogens is 443 g/mol. The molecule has 3 rings (SSSR count). The summed E-state index contributed by atoms with van der Waals surface area (Å²) in [5.41, 5.74) is 2.15. The molecule has 3 aromatic carbocycles. The number of aromatic carboxylic acids is 1. The van der Waals surface area contributed by atoms with Gasteiger partial charge in [-0.1, -0.05) is 60.7 Å². The first-order valence-electron chi connectivity index (χ1n) is 8.04. The van der Waals surface area contributed by atoms with Crippen molar-refractivity contribution < 1.29 is 19.4 Å². The van der Waals surface area contributed by atoms with Crippen molar-refractivity contribution in [3.05, 3.63) is 93.1 Å². The van der Waals surface area contributed by atoms with E-state index in [9.17, 15) is 9.90 Å². The highest BCUT2D eigenvalue weighted by atomic mass is 127. The van der Waals surface area contributed by atoms with Gasteiger partial charge >= 0.3 is 5.97 Å². The second-order valence-electron chi connectivity index (χ2n) is 5.63. The average molecular weight is 460 g/mol. The maximum atomic E-state index is 11.6. The smallest absolute Gasteiger partial charge is 0.340 e. The predicted molar refractivity (Wildman–Crippen MR) is 108 cm³/mol. The molecule has 0 bridgehead atoms. The molecule has 5 heteroatoms. The first kappa shape index (κ1) is 18.3. The molecule has 0 atom stereocenters. The molecule has 0 amide bonds. The molecule has 0 aliphatic rings. The van der Waals surface area contributed by atoms with Crippen LogP contribution in [0, 0.1) is 3.57 Å². The van der Waals surface area contributed by atoms with E-state index in [2.05, 4.69) is 0 Å². The van der Waals surface area contributed by atoms with Crippen molar-refractivity contribution in [1.29, 1.82) is 0 Å². The van der Waals surface area contributed by atoms with Crippen molar-refractivity contribution in [3.63, 3.8) is 0 Å². The molecule has 4 nitrogen and oxygen atoms in total. The van der Waals surface area contributed by atoms with Crippen LogP contribution in [0.3, 0.4) is 0 Å². The highest BCUT2D eigenvalue weighted by Gasteiger charge is 2.18. The SMILES string of the molecule is O=C(O)c1c(I)cc(OCc2ccccc2)cc1OCc1ccccc1. The fourth-order valence-electron chi connectivity index (χ4n) is 2.44. The Morgan fingerprint density at radius 3 is 1.92 bits per heavy atom. The number of rotatable bonds is 7. The van der Waals surface area contributed by atoms with E-state index in [4.69, 9.17) is 9.47 Å². The van der Waals surface area contributed by atoms with Crippen LogP contribution in [0.1, 0.15) is 21.5 Å². The summed E-state index contributed by atoms with van der Waals surface area (Å²) in [4.78, 5) is 11.6. The van der Waals surface area contributed by atoms with Gasteiger partial charge in [-0.25, -0.2) is 4.79 Å².